The molecule has 4 unspecified atom stereocenters. The molecule has 2 bridgehead atoms. The van der Waals surface area contributed by atoms with Gasteiger partial charge in [0.05, 0.1) is 11.8 Å². The number of amides is 1. The van der Waals surface area contributed by atoms with Crippen molar-refractivity contribution < 1.29 is 14.7 Å². The van der Waals surface area contributed by atoms with Crippen molar-refractivity contribution in [1.82, 2.24) is 0 Å². The largest absolute Gasteiger partial charge is 0.481 e. The molecule has 1 amide bonds. The van der Waals surface area contributed by atoms with Gasteiger partial charge in [-0.25, -0.2) is 0 Å². The van der Waals surface area contributed by atoms with Crippen LogP contribution in [0.25, 0.3) is 0 Å². The number of hydrogen-bond acceptors (Lipinski definition) is 3. The third-order valence-electron chi connectivity index (χ3n) is 6.29. The van der Waals surface area contributed by atoms with E-state index in [-0.39, 0.29) is 29.1 Å². The number of rotatable bonds is 4. The van der Waals surface area contributed by atoms with Crippen LogP contribution in [0.2, 0.25) is 0 Å². The van der Waals surface area contributed by atoms with Gasteiger partial charge < -0.3 is 10.4 Å². The third-order valence-corrected chi connectivity index (χ3v) is 7.04. The first kappa shape index (κ1) is 15.1. The minimum absolute atomic E-state index is 0.104. The van der Waals surface area contributed by atoms with E-state index in [9.17, 15) is 14.7 Å². The molecule has 1 aromatic carbocycles. The van der Waals surface area contributed by atoms with Gasteiger partial charge in [-0.15, -0.1) is 11.8 Å². The van der Waals surface area contributed by atoms with E-state index in [4.69, 9.17) is 0 Å². The summed E-state index contributed by atoms with van der Waals surface area (Å²) >= 11 is 1.65. The fourth-order valence-electron chi connectivity index (χ4n) is 5.24. The molecule has 0 aromatic heterocycles. The number of benzene rings is 1. The average Bonchev–Trinajstić information content (AvgIpc) is 3.21. The standard InChI is InChI=1S/C18H21NO3S/c1-23-11-4-2-10(3-5-11)19-16(20)14-12-6-7-13(15(14)17(21)22)18(12)8-9-18/h2-5,12-15H,6-9H2,1H3,(H,19,20)(H,21,22). The SMILES string of the molecule is CSc1ccc(NC(=O)C2C(C(=O)O)C3CCC2C32CC2)cc1. The lowest BCUT2D eigenvalue weighted by atomic mass is 9.78. The van der Waals surface area contributed by atoms with Crippen molar-refractivity contribution in [2.24, 2.45) is 29.1 Å². The molecule has 1 spiro atoms. The molecule has 3 fully saturated rings. The molecule has 0 heterocycles. The van der Waals surface area contributed by atoms with E-state index < -0.39 is 11.9 Å². The van der Waals surface area contributed by atoms with Crippen LogP contribution >= 0.6 is 11.8 Å². The zero-order chi connectivity index (χ0) is 16.2. The maximum Gasteiger partial charge on any atom is 0.307 e. The van der Waals surface area contributed by atoms with Crippen molar-refractivity contribution in [3.05, 3.63) is 24.3 Å². The summed E-state index contributed by atoms with van der Waals surface area (Å²) in [5.74, 6) is -1.29. The number of carbonyl (C=O) groups excluding carboxylic acids is 1. The van der Waals surface area contributed by atoms with Crippen LogP contribution in [0.15, 0.2) is 29.2 Å². The summed E-state index contributed by atoms with van der Waals surface area (Å²) < 4.78 is 0. The van der Waals surface area contributed by atoms with Crippen molar-refractivity contribution >= 4 is 29.3 Å². The summed E-state index contributed by atoms with van der Waals surface area (Å²) in [6.07, 6.45) is 6.22. The number of carboxylic acids is 1. The summed E-state index contributed by atoms with van der Waals surface area (Å²) in [5, 5.41) is 12.6. The third kappa shape index (κ3) is 2.20. The Hall–Kier alpha value is -1.49. The Labute approximate surface area is 140 Å². The van der Waals surface area contributed by atoms with Gasteiger partial charge in [0.25, 0.3) is 0 Å². The highest BCUT2D eigenvalue weighted by molar-refractivity contribution is 7.98. The lowest BCUT2D eigenvalue weighted by molar-refractivity contribution is -0.148. The fourth-order valence-corrected chi connectivity index (χ4v) is 5.65. The number of thioether (sulfide) groups is 1. The molecule has 0 aliphatic heterocycles. The maximum absolute atomic E-state index is 12.8. The van der Waals surface area contributed by atoms with E-state index >= 15 is 0 Å². The highest BCUT2D eigenvalue weighted by Crippen LogP contribution is 2.74. The molecule has 23 heavy (non-hydrogen) atoms. The van der Waals surface area contributed by atoms with Crippen molar-refractivity contribution in [2.75, 3.05) is 11.6 Å². The molecule has 2 N–H and O–H groups in total. The zero-order valence-electron chi connectivity index (χ0n) is 13.1. The molecule has 122 valence electrons. The van der Waals surface area contributed by atoms with Crippen molar-refractivity contribution in [2.45, 2.75) is 30.6 Å². The van der Waals surface area contributed by atoms with Gasteiger partial charge in [-0.2, -0.15) is 0 Å². The van der Waals surface area contributed by atoms with Gasteiger partial charge in [0.1, 0.15) is 0 Å². The van der Waals surface area contributed by atoms with Gasteiger partial charge in [-0.3, -0.25) is 9.59 Å². The molecule has 3 saturated carbocycles. The van der Waals surface area contributed by atoms with Crippen LogP contribution in [0, 0.1) is 29.1 Å². The van der Waals surface area contributed by atoms with Crippen LogP contribution in [-0.4, -0.2) is 23.2 Å². The molecule has 1 aromatic rings. The monoisotopic (exact) mass is 331 g/mol. The molecule has 0 radical (unpaired) electrons. The number of carboxylic acid groups (broad SMARTS) is 1. The molecule has 0 saturated heterocycles. The number of anilines is 1. The Kier molecular flexibility index (Phi) is 3.45. The molecular formula is C18H21NO3S. The highest BCUT2D eigenvalue weighted by atomic mass is 32.2. The van der Waals surface area contributed by atoms with Crippen molar-refractivity contribution in [3.8, 4) is 0 Å². The Morgan fingerprint density at radius 1 is 1.13 bits per heavy atom. The summed E-state index contributed by atoms with van der Waals surface area (Å²) in [4.78, 5) is 25.7. The number of nitrogens with one attached hydrogen (secondary N) is 1. The van der Waals surface area contributed by atoms with Gasteiger partial charge >= 0.3 is 5.97 Å². The molecule has 4 rings (SSSR count). The second-order valence-electron chi connectivity index (χ2n) is 7.13. The van der Waals surface area contributed by atoms with Crippen molar-refractivity contribution in [1.29, 1.82) is 0 Å². The lowest BCUT2D eigenvalue weighted by Gasteiger charge is -2.26. The lowest BCUT2D eigenvalue weighted by Crippen LogP contribution is -2.37. The number of carbonyl (C=O) groups is 2. The second-order valence-corrected chi connectivity index (χ2v) is 8.01. The molecule has 3 aliphatic carbocycles. The molecule has 5 heteroatoms. The second kappa shape index (κ2) is 5.26. The Balaban J connectivity index is 1.56. The quantitative estimate of drug-likeness (QED) is 0.829. The first-order valence-corrected chi connectivity index (χ1v) is 9.47. The van der Waals surface area contributed by atoms with Crippen LogP contribution < -0.4 is 5.32 Å². The normalized spacial score (nSPS) is 32.9. The summed E-state index contributed by atoms with van der Waals surface area (Å²) in [6.45, 7) is 0. The zero-order valence-corrected chi connectivity index (χ0v) is 13.9. The summed E-state index contributed by atoms with van der Waals surface area (Å²) in [5.41, 5.74) is 0.929. The van der Waals surface area contributed by atoms with Gasteiger partial charge in [0.2, 0.25) is 5.91 Å². The van der Waals surface area contributed by atoms with E-state index in [1.54, 1.807) is 11.8 Å². The van der Waals surface area contributed by atoms with E-state index in [1.165, 1.54) is 0 Å². The first-order valence-electron chi connectivity index (χ1n) is 8.24. The number of hydrogen-bond donors (Lipinski definition) is 2. The Bertz CT molecular complexity index is 653. The van der Waals surface area contributed by atoms with Gasteiger partial charge in [-0.05, 0) is 73.5 Å². The predicted molar refractivity (Wildman–Crippen MR) is 89.3 cm³/mol. The fraction of sp³-hybridized carbons (Fsp3) is 0.556. The highest BCUT2D eigenvalue weighted by Gasteiger charge is 2.71. The molecular weight excluding hydrogens is 310 g/mol. The van der Waals surface area contributed by atoms with E-state index in [0.717, 1.165) is 36.3 Å². The molecule has 4 nitrogen and oxygen atoms in total. The average molecular weight is 331 g/mol. The topological polar surface area (TPSA) is 66.4 Å². The van der Waals surface area contributed by atoms with Crippen molar-refractivity contribution in [3.63, 3.8) is 0 Å². The minimum Gasteiger partial charge on any atom is -0.481 e. The minimum atomic E-state index is -0.790. The molecule has 3 aliphatic rings. The smallest absolute Gasteiger partial charge is 0.307 e. The van der Waals surface area contributed by atoms with E-state index in [1.807, 2.05) is 30.5 Å². The molecule has 4 atom stereocenters. The first-order chi connectivity index (χ1) is 11.1. The van der Waals surface area contributed by atoms with Gasteiger partial charge in [-0.1, -0.05) is 0 Å². The van der Waals surface area contributed by atoms with E-state index in [2.05, 4.69) is 5.32 Å². The van der Waals surface area contributed by atoms with Crippen LogP contribution in [0.5, 0.6) is 0 Å². The van der Waals surface area contributed by atoms with Gasteiger partial charge in [0.15, 0.2) is 0 Å². The van der Waals surface area contributed by atoms with E-state index in [0.29, 0.717) is 0 Å². The van der Waals surface area contributed by atoms with Gasteiger partial charge in [0, 0.05) is 10.6 Å². The summed E-state index contributed by atoms with van der Waals surface area (Å²) in [6, 6.07) is 7.72. The predicted octanol–water partition coefficient (Wildman–Crippen LogP) is 3.48. The number of aliphatic carboxylic acids is 1. The van der Waals surface area contributed by atoms with Crippen LogP contribution in [0.3, 0.4) is 0 Å². The van der Waals surface area contributed by atoms with Crippen LogP contribution in [-0.2, 0) is 9.59 Å². The summed E-state index contributed by atoms with van der Waals surface area (Å²) in [7, 11) is 0. The maximum atomic E-state index is 12.8. The van der Waals surface area contributed by atoms with Crippen LogP contribution in [0.4, 0.5) is 5.69 Å². The Morgan fingerprint density at radius 3 is 2.26 bits per heavy atom. The Morgan fingerprint density at radius 2 is 1.74 bits per heavy atom. The van der Waals surface area contributed by atoms with Crippen LogP contribution in [0.1, 0.15) is 25.7 Å².